The normalized spacial score (nSPS) is 17.2. The molecule has 0 radical (unpaired) electrons. The maximum atomic E-state index is 12.4. The summed E-state index contributed by atoms with van der Waals surface area (Å²) in [6.45, 7) is 7.16. The molecule has 1 atom stereocenters. The van der Waals surface area contributed by atoms with Gasteiger partial charge in [-0.15, -0.1) is 11.3 Å². The molecule has 1 N–H and O–H groups in total. The van der Waals surface area contributed by atoms with E-state index in [0.29, 0.717) is 16.6 Å². The van der Waals surface area contributed by atoms with E-state index in [0.717, 1.165) is 38.3 Å². The highest BCUT2D eigenvalue weighted by Gasteiger charge is 2.20. The molecule has 3 rings (SSSR count). The standard InChI is InChI=1S/C19H23Cl2N3OS/c1-14(17-5-4-15(20)11-18(17)21)22-19(25)13-24-8-6-23(7-9-24)12-16-3-2-10-26-16/h2-5,10-11,14H,6-9,12-13H2,1H3,(H,22,25)/t14-/m0/s1. The van der Waals surface area contributed by atoms with Gasteiger partial charge in [-0.05, 0) is 36.1 Å². The molecule has 1 aromatic heterocycles. The first-order chi connectivity index (χ1) is 12.5. The molecule has 0 bridgehead atoms. The number of carbonyl (C=O) groups is 1. The Morgan fingerprint density at radius 2 is 1.92 bits per heavy atom. The number of halogens is 2. The number of piperazine rings is 1. The van der Waals surface area contributed by atoms with Gasteiger partial charge in [-0.25, -0.2) is 0 Å². The lowest BCUT2D eigenvalue weighted by Crippen LogP contribution is -2.49. The van der Waals surface area contributed by atoms with E-state index >= 15 is 0 Å². The topological polar surface area (TPSA) is 35.6 Å². The fraction of sp³-hybridized carbons (Fsp3) is 0.421. The zero-order chi connectivity index (χ0) is 18.5. The number of thiophene rings is 1. The molecule has 0 unspecified atom stereocenters. The van der Waals surface area contributed by atoms with Crippen LogP contribution in [0.1, 0.15) is 23.4 Å². The molecule has 1 aliphatic heterocycles. The van der Waals surface area contributed by atoms with Crippen molar-refractivity contribution in [1.82, 2.24) is 15.1 Å². The highest BCUT2D eigenvalue weighted by Crippen LogP contribution is 2.26. The van der Waals surface area contributed by atoms with Crippen LogP contribution in [0.2, 0.25) is 10.0 Å². The van der Waals surface area contributed by atoms with Crippen molar-refractivity contribution in [2.45, 2.75) is 19.5 Å². The fourth-order valence-corrected chi connectivity index (χ4v) is 4.47. The summed E-state index contributed by atoms with van der Waals surface area (Å²) in [6, 6.07) is 9.47. The average Bonchev–Trinajstić information content (AvgIpc) is 3.09. The number of nitrogens with zero attached hydrogens (tertiary/aromatic N) is 2. The molecule has 0 spiro atoms. The third-order valence-electron chi connectivity index (χ3n) is 4.60. The van der Waals surface area contributed by atoms with Gasteiger partial charge in [0.05, 0.1) is 12.6 Å². The smallest absolute Gasteiger partial charge is 0.234 e. The lowest BCUT2D eigenvalue weighted by atomic mass is 10.1. The summed E-state index contributed by atoms with van der Waals surface area (Å²) >= 11 is 14.0. The van der Waals surface area contributed by atoms with E-state index in [4.69, 9.17) is 23.2 Å². The second-order valence-corrected chi connectivity index (χ2v) is 8.46. The van der Waals surface area contributed by atoms with Crippen molar-refractivity contribution in [2.24, 2.45) is 0 Å². The van der Waals surface area contributed by atoms with Crippen LogP contribution in [0, 0.1) is 0 Å². The monoisotopic (exact) mass is 411 g/mol. The Morgan fingerprint density at radius 3 is 2.58 bits per heavy atom. The van der Waals surface area contributed by atoms with Crippen molar-refractivity contribution in [2.75, 3.05) is 32.7 Å². The fourth-order valence-electron chi connectivity index (χ4n) is 3.15. The average molecular weight is 412 g/mol. The van der Waals surface area contributed by atoms with Gasteiger partial charge < -0.3 is 5.32 Å². The van der Waals surface area contributed by atoms with Crippen molar-refractivity contribution < 1.29 is 4.79 Å². The Balaban J connectivity index is 1.44. The minimum Gasteiger partial charge on any atom is -0.348 e. The molecule has 0 saturated carbocycles. The van der Waals surface area contributed by atoms with Crippen LogP contribution in [-0.4, -0.2) is 48.4 Å². The van der Waals surface area contributed by atoms with E-state index in [1.807, 2.05) is 13.0 Å². The molecule has 7 heteroatoms. The minimum atomic E-state index is -0.146. The van der Waals surface area contributed by atoms with E-state index in [-0.39, 0.29) is 11.9 Å². The summed E-state index contributed by atoms with van der Waals surface area (Å²) in [6.07, 6.45) is 0. The number of hydrogen-bond acceptors (Lipinski definition) is 4. The van der Waals surface area contributed by atoms with Gasteiger partial charge in [0.1, 0.15) is 0 Å². The second kappa shape index (κ2) is 9.20. The Bertz CT molecular complexity index is 730. The summed E-state index contributed by atoms with van der Waals surface area (Å²) in [5.41, 5.74) is 0.880. The maximum absolute atomic E-state index is 12.4. The molecule has 1 amide bonds. The highest BCUT2D eigenvalue weighted by molar-refractivity contribution is 7.09. The first-order valence-corrected chi connectivity index (χ1v) is 10.4. The predicted molar refractivity (Wildman–Crippen MR) is 109 cm³/mol. The lowest BCUT2D eigenvalue weighted by molar-refractivity contribution is -0.123. The Labute approximate surface area is 168 Å². The molecule has 1 saturated heterocycles. The van der Waals surface area contributed by atoms with Crippen LogP contribution in [0.25, 0.3) is 0 Å². The van der Waals surface area contributed by atoms with E-state index in [1.54, 1.807) is 23.5 Å². The molecule has 2 heterocycles. The van der Waals surface area contributed by atoms with Gasteiger partial charge in [0, 0.05) is 47.6 Å². The first kappa shape index (κ1) is 19.6. The van der Waals surface area contributed by atoms with E-state index in [2.05, 4.69) is 32.6 Å². The molecule has 1 aliphatic rings. The molecule has 26 heavy (non-hydrogen) atoms. The predicted octanol–water partition coefficient (Wildman–Crippen LogP) is 4.05. The zero-order valence-corrected chi connectivity index (χ0v) is 17.1. The van der Waals surface area contributed by atoms with Crippen molar-refractivity contribution in [3.63, 3.8) is 0 Å². The minimum absolute atomic E-state index is 0.0234. The summed E-state index contributed by atoms with van der Waals surface area (Å²) in [5, 5.41) is 6.32. The number of hydrogen-bond donors (Lipinski definition) is 1. The van der Waals surface area contributed by atoms with Crippen LogP contribution >= 0.6 is 34.5 Å². The largest absolute Gasteiger partial charge is 0.348 e. The van der Waals surface area contributed by atoms with Crippen molar-refractivity contribution in [3.05, 3.63) is 56.2 Å². The van der Waals surface area contributed by atoms with Gasteiger partial charge in [-0.2, -0.15) is 0 Å². The van der Waals surface area contributed by atoms with E-state index < -0.39 is 0 Å². The first-order valence-electron chi connectivity index (χ1n) is 8.72. The van der Waals surface area contributed by atoms with Crippen molar-refractivity contribution in [1.29, 1.82) is 0 Å². The van der Waals surface area contributed by atoms with Crippen LogP contribution in [0.15, 0.2) is 35.7 Å². The molecule has 4 nitrogen and oxygen atoms in total. The van der Waals surface area contributed by atoms with E-state index in [9.17, 15) is 4.79 Å². The van der Waals surface area contributed by atoms with Crippen LogP contribution in [0.5, 0.6) is 0 Å². The summed E-state index contributed by atoms with van der Waals surface area (Å²) in [5.74, 6) is 0.0234. The highest BCUT2D eigenvalue weighted by atomic mass is 35.5. The number of rotatable bonds is 6. The van der Waals surface area contributed by atoms with Crippen molar-refractivity contribution in [3.8, 4) is 0 Å². The Kier molecular flexibility index (Phi) is 6.95. The van der Waals surface area contributed by atoms with Gasteiger partial charge in [-0.3, -0.25) is 14.6 Å². The van der Waals surface area contributed by atoms with Gasteiger partial charge in [0.25, 0.3) is 0 Å². The zero-order valence-electron chi connectivity index (χ0n) is 14.8. The third-order valence-corrected chi connectivity index (χ3v) is 6.02. The number of benzene rings is 1. The molecular formula is C19H23Cl2N3OS. The second-order valence-electron chi connectivity index (χ2n) is 6.59. The Hall–Kier alpha value is -1.11. The molecule has 0 aliphatic carbocycles. The molecule has 1 fully saturated rings. The number of nitrogens with one attached hydrogen (secondary N) is 1. The molecule has 1 aromatic carbocycles. The molecule has 2 aromatic rings. The summed E-state index contributed by atoms with van der Waals surface area (Å²) < 4.78 is 0. The van der Waals surface area contributed by atoms with Gasteiger partial charge in [0.2, 0.25) is 5.91 Å². The van der Waals surface area contributed by atoms with Crippen LogP contribution in [0.4, 0.5) is 0 Å². The SMILES string of the molecule is C[C@H](NC(=O)CN1CCN(Cc2cccs2)CC1)c1ccc(Cl)cc1Cl. The third kappa shape index (κ3) is 5.44. The van der Waals surface area contributed by atoms with Gasteiger partial charge in [0.15, 0.2) is 0 Å². The van der Waals surface area contributed by atoms with Crippen molar-refractivity contribution >= 4 is 40.4 Å². The van der Waals surface area contributed by atoms with E-state index in [1.165, 1.54) is 4.88 Å². The summed E-state index contributed by atoms with van der Waals surface area (Å²) in [4.78, 5) is 18.4. The van der Waals surface area contributed by atoms with Crippen LogP contribution in [0.3, 0.4) is 0 Å². The lowest BCUT2D eigenvalue weighted by Gasteiger charge is -2.34. The Morgan fingerprint density at radius 1 is 1.19 bits per heavy atom. The van der Waals surface area contributed by atoms with Crippen LogP contribution < -0.4 is 5.32 Å². The molecular weight excluding hydrogens is 389 g/mol. The molecule has 140 valence electrons. The maximum Gasteiger partial charge on any atom is 0.234 e. The number of carbonyl (C=O) groups excluding carboxylic acids is 1. The van der Waals surface area contributed by atoms with Gasteiger partial charge in [-0.1, -0.05) is 35.3 Å². The quantitative estimate of drug-likeness (QED) is 0.778. The number of amides is 1. The van der Waals surface area contributed by atoms with Crippen LogP contribution in [-0.2, 0) is 11.3 Å². The van der Waals surface area contributed by atoms with Gasteiger partial charge >= 0.3 is 0 Å². The summed E-state index contributed by atoms with van der Waals surface area (Å²) in [7, 11) is 0.